The molecule has 0 radical (unpaired) electrons. The molecule has 1 atom stereocenters. The van der Waals surface area contributed by atoms with Gasteiger partial charge in [0.15, 0.2) is 17.8 Å². The molecule has 0 aliphatic carbocycles. The van der Waals surface area contributed by atoms with Crippen LogP contribution in [0.4, 0.5) is 0 Å². The Bertz CT molecular complexity index is 1650. The molecule has 1 unspecified atom stereocenters. The van der Waals surface area contributed by atoms with Crippen LogP contribution in [-0.4, -0.2) is 41.2 Å². The lowest BCUT2D eigenvalue weighted by Gasteiger charge is -2.16. The normalized spacial score (nSPS) is 15.0. The van der Waals surface area contributed by atoms with Crippen LogP contribution in [0.2, 0.25) is 0 Å². The van der Waals surface area contributed by atoms with Gasteiger partial charge in [-0.2, -0.15) is 0 Å². The topological polar surface area (TPSA) is 85.8 Å². The second-order valence-electron chi connectivity index (χ2n) is 11.8. The van der Waals surface area contributed by atoms with Crippen LogP contribution < -0.4 is 10.6 Å². The summed E-state index contributed by atoms with van der Waals surface area (Å²) in [7, 11) is 0. The van der Waals surface area contributed by atoms with Crippen molar-refractivity contribution in [3.8, 4) is 21.5 Å². The summed E-state index contributed by atoms with van der Waals surface area (Å²) in [5.41, 5.74) is 11.8. The lowest BCUT2D eigenvalue weighted by Crippen LogP contribution is -3.07. The first-order valence-electron chi connectivity index (χ1n) is 16.0. The average molecular weight is 599 g/mol. The fraction of sp³-hybridized carbons (Fsp3) is 0.429. The second-order valence-corrected chi connectivity index (χ2v) is 12.8. The summed E-state index contributed by atoms with van der Waals surface area (Å²) >= 11 is 1.60. The monoisotopic (exact) mass is 598 g/mol. The van der Waals surface area contributed by atoms with Crippen LogP contribution in [0.3, 0.4) is 0 Å². The van der Waals surface area contributed by atoms with Gasteiger partial charge in [0.25, 0.3) is 0 Å². The molecule has 0 saturated carbocycles. The van der Waals surface area contributed by atoms with Crippen molar-refractivity contribution in [2.75, 3.05) is 26.3 Å². The first-order chi connectivity index (χ1) is 21.2. The van der Waals surface area contributed by atoms with Gasteiger partial charge in [0, 0.05) is 13.0 Å². The number of oxazole rings is 2. The van der Waals surface area contributed by atoms with E-state index in [4.69, 9.17) is 24.5 Å². The van der Waals surface area contributed by atoms with Crippen molar-refractivity contribution < 1.29 is 13.7 Å². The Morgan fingerprint density at radius 1 is 0.791 bits per heavy atom. The predicted octanol–water partition coefficient (Wildman–Crippen LogP) is 7.18. The zero-order valence-corrected chi connectivity index (χ0v) is 26.1. The van der Waals surface area contributed by atoms with E-state index in [2.05, 4.69) is 54.6 Å². The quantitative estimate of drug-likeness (QED) is 0.117. The first-order valence-corrected chi connectivity index (χ1v) is 16.9. The number of hydrogen-bond acceptors (Lipinski definition) is 7. The van der Waals surface area contributed by atoms with E-state index < -0.39 is 0 Å². The van der Waals surface area contributed by atoms with Gasteiger partial charge >= 0.3 is 0 Å². The van der Waals surface area contributed by atoms with Gasteiger partial charge < -0.3 is 19.5 Å². The van der Waals surface area contributed by atoms with Crippen LogP contribution in [0.15, 0.2) is 69.8 Å². The minimum atomic E-state index is 0.642. The number of nitrogens with zero attached hydrogens (tertiary/aromatic N) is 3. The molecule has 4 heterocycles. The molecule has 5 aromatic rings. The van der Waals surface area contributed by atoms with Gasteiger partial charge in [0.1, 0.15) is 17.2 Å². The molecule has 3 N–H and O–H groups in total. The van der Waals surface area contributed by atoms with Crippen molar-refractivity contribution in [1.29, 1.82) is 0 Å². The van der Waals surface area contributed by atoms with Crippen molar-refractivity contribution in [3.63, 3.8) is 0 Å². The number of hydrogen-bond donors (Lipinski definition) is 2. The molecule has 6 rings (SSSR count). The van der Waals surface area contributed by atoms with Gasteiger partial charge in [-0.15, -0.1) is 11.3 Å². The SMILES string of the molecule is CCCCCCCCc1ccc2oc(-c3ccc(-c4nc5cc(CCCN6C=C[NH+](CCCN)C6)ccc5o4)s3)nc2c1. The van der Waals surface area contributed by atoms with Crippen LogP contribution >= 0.6 is 11.3 Å². The number of unbranched alkanes of at least 4 members (excludes halogenated alkanes) is 5. The van der Waals surface area contributed by atoms with Gasteiger partial charge in [0.2, 0.25) is 11.8 Å². The van der Waals surface area contributed by atoms with Crippen molar-refractivity contribution in [3.05, 3.63) is 72.1 Å². The van der Waals surface area contributed by atoms with Gasteiger partial charge in [-0.25, -0.2) is 9.97 Å². The summed E-state index contributed by atoms with van der Waals surface area (Å²) in [6.07, 6.45) is 16.6. The van der Waals surface area contributed by atoms with Crippen molar-refractivity contribution in [1.82, 2.24) is 14.9 Å². The Hall–Kier alpha value is -3.46. The highest BCUT2D eigenvalue weighted by atomic mass is 32.1. The van der Waals surface area contributed by atoms with E-state index in [1.807, 2.05) is 18.2 Å². The fourth-order valence-corrected chi connectivity index (χ4v) is 6.71. The minimum Gasteiger partial charge on any atom is -0.435 e. The first kappa shape index (κ1) is 29.6. The van der Waals surface area contributed by atoms with E-state index in [0.717, 1.165) is 83.9 Å². The highest BCUT2D eigenvalue weighted by Crippen LogP contribution is 2.36. The molecule has 226 valence electrons. The van der Waals surface area contributed by atoms with E-state index in [-0.39, 0.29) is 0 Å². The predicted molar refractivity (Wildman–Crippen MR) is 176 cm³/mol. The van der Waals surface area contributed by atoms with Crippen LogP contribution in [0.25, 0.3) is 43.7 Å². The van der Waals surface area contributed by atoms with Crippen LogP contribution in [0, 0.1) is 0 Å². The maximum atomic E-state index is 6.15. The number of fused-ring (bicyclic) bond motifs is 2. The number of aromatic nitrogens is 2. The van der Waals surface area contributed by atoms with Crippen LogP contribution in [-0.2, 0) is 12.8 Å². The van der Waals surface area contributed by atoms with Crippen molar-refractivity contribution in [2.24, 2.45) is 5.73 Å². The summed E-state index contributed by atoms with van der Waals surface area (Å²) in [5.74, 6) is 1.29. The molecular formula is C35H44N5O2S+. The highest BCUT2D eigenvalue weighted by molar-refractivity contribution is 7.18. The van der Waals surface area contributed by atoms with Gasteiger partial charge in [-0.3, -0.25) is 4.90 Å². The van der Waals surface area contributed by atoms with Crippen LogP contribution in [0.1, 0.15) is 69.4 Å². The summed E-state index contributed by atoms with van der Waals surface area (Å²) < 4.78 is 12.3. The molecular weight excluding hydrogens is 554 g/mol. The maximum absolute atomic E-state index is 6.15. The van der Waals surface area contributed by atoms with Crippen molar-refractivity contribution >= 4 is 33.5 Å². The Kier molecular flexibility index (Phi) is 9.87. The lowest BCUT2D eigenvalue weighted by atomic mass is 10.0. The molecule has 1 aliphatic heterocycles. The van der Waals surface area contributed by atoms with E-state index in [1.54, 1.807) is 11.3 Å². The van der Waals surface area contributed by atoms with E-state index in [9.17, 15) is 0 Å². The summed E-state index contributed by atoms with van der Waals surface area (Å²) in [6.45, 7) is 6.22. The number of quaternary nitrogens is 1. The second kappa shape index (κ2) is 14.3. The number of thiophene rings is 1. The molecule has 0 fully saturated rings. The Labute approximate surface area is 258 Å². The minimum absolute atomic E-state index is 0.642. The smallest absolute Gasteiger partial charge is 0.237 e. The molecule has 0 saturated heterocycles. The van der Waals surface area contributed by atoms with E-state index in [0.29, 0.717) is 11.8 Å². The zero-order chi connectivity index (χ0) is 29.4. The largest absolute Gasteiger partial charge is 0.435 e. The Morgan fingerprint density at radius 2 is 1.42 bits per heavy atom. The third kappa shape index (κ3) is 7.55. The molecule has 0 amide bonds. The number of aryl methyl sites for hydroxylation is 2. The lowest BCUT2D eigenvalue weighted by molar-refractivity contribution is -0.849. The molecule has 0 bridgehead atoms. The molecule has 8 heteroatoms. The zero-order valence-electron chi connectivity index (χ0n) is 25.3. The molecule has 1 aliphatic rings. The van der Waals surface area contributed by atoms with E-state index >= 15 is 0 Å². The summed E-state index contributed by atoms with van der Waals surface area (Å²) in [6, 6.07) is 16.9. The summed E-state index contributed by atoms with van der Waals surface area (Å²) in [5, 5.41) is 0. The van der Waals surface area contributed by atoms with Crippen LogP contribution in [0.5, 0.6) is 0 Å². The number of rotatable bonds is 16. The molecule has 43 heavy (non-hydrogen) atoms. The number of benzene rings is 2. The number of nitrogens with two attached hydrogens (primary N) is 1. The molecule has 2 aromatic carbocycles. The number of nitrogens with one attached hydrogen (secondary N) is 1. The van der Waals surface area contributed by atoms with E-state index in [1.165, 1.54) is 54.6 Å². The van der Waals surface area contributed by atoms with Crippen molar-refractivity contribution in [2.45, 2.75) is 71.1 Å². The van der Waals surface area contributed by atoms with Gasteiger partial charge in [-0.1, -0.05) is 51.2 Å². The van der Waals surface area contributed by atoms with Gasteiger partial charge in [-0.05, 0) is 79.8 Å². The Morgan fingerprint density at radius 3 is 2.07 bits per heavy atom. The van der Waals surface area contributed by atoms with Gasteiger partial charge in [0.05, 0.1) is 22.5 Å². The third-order valence-corrected chi connectivity index (χ3v) is 9.35. The Balaban J connectivity index is 1.05. The fourth-order valence-electron chi connectivity index (χ4n) is 5.85. The molecule has 3 aromatic heterocycles. The highest BCUT2D eigenvalue weighted by Gasteiger charge is 2.17. The molecule has 0 spiro atoms. The maximum Gasteiger partial charge on any atom is 0.237 e. The standard InChI is InChI=1S/C35H43N5O2S/c1-2-3-4-5-6-7-10-26-12-14-30-28(23-26)37-34(41-30)32-16-17-33(43-32)35-38-29-24-27(13-15-31(29)42-35)11-8-19-39-21-22-40(25-39)20-9-18-36/h12-17,21-24H,2-11,18-20,25,36H2,1H3/p+1. The summed E-state index contributed by atoms with van der Waals surface area (Å²) in [4.78, 5) is 15.5. The third-order valence-electron chi connectivity index (χ3n) is 8.29. The molecule has 7 nitrogen and oxygen atoms in total. The average Bonchev–Trinajstić information content (AvgIpc) is 3.83.